The summed E-state index contributed by atoms with van der Waals surface area (Å²) >= 11 is 3.46. The Morgan fingerprint density at radius 3 is 2.63 bits per heavy atom. The van der Waals surface area contributed by atoms with Crippen LogP contribution >= 0.6 is 15.9 Å². The van der Waals surface area contributed by atoms with Gasteiger partial charge in [0.2, 0.25) is 0 Å². The summed E-state index contributed by atoms with van der Waals surface area (Å²) in [4.78, 5) is 26.8. The normalized spacial score (nSPS) is 17.6. The zero-order valence-corrected chi connectivity index (χ0v) is 18.3. The van der Waals surface area contributed by atoms with E-state index in [0.717, 1.165) is 17.3 Å². The zero-order valence-electron chi connectivity index (χ0n) is 16.7. The fourth-order valence-electron chi connectivity index (χ4n) is 2.94. The van der Waals surface area contributed by atoms with Crippen LogP contribution in [0.4, 0.5) is 4.79 Å². The molecule has 2 rings (SSSR count). The number of piperidine rings is 1. The zero-order chi connectivity index (χ0) is 20.2. The standard InChI is InChI=1S/C20H29BrN2O4/c1-13(2)26-15-8-9-17(21)16(11-15)18(24)23-10-6-7-14(12-23)22-19(25)27-20(3,4)5/h8-9,11,13-14H,6-7,10,12H2,1-5H3,(H,22,25). The Hall–Kier alpha value is -1.76. The molecule has 1 aliphatic heterocycles. The van der Waals surface area contributed by atoms with E-state index < -0.39 is 11.7 Å². The second-order valence-corrected chi connectivity index (χ2v) is 8.90. The number of alkyl carbamates (subject to hydrolysis) is 1. The Bertz CT molecular complexity index is 685. The lowest BCUT2D eigenvalue weighted by Gasteiger charge is -2.34. The van der Waals surface area contributed by atoms with E-state index in [1.54, 1.807) is 11.0 Å². The number of hydrogen-bond acceptors (Lipinski definition) is 4. The topological polar surface area (TPSA) is 67.9 Å². The molecule has 6 nitrogen and oxygen atoms in total. The van der Waals surface area contributed by atoms with Gasteiger partial charge < -0.3 is 19.7 Å². The number of nitrogens with one attached hydrogen (secondary N) is 1. The van der Waals surface area contributed by atoms with Gasteiger partial charge in [0, 0.05) is 23.6 Å². The Morgan fingerprint density at radius 2 is 2.00 bits per heavy atom. The first-order chi connectivity index (χ1) is 12.5. The first-order valence-electron chi connectivity index (χ1n) is 9.30. The van der Waals surface area contributed by atoms with Crippen molar-refractivity contribution in [1.82, 2.24) is 10.2 Å². The van der Waals surface area contributed by atoms with Crippen LogP contribution in [0.5, 0.6) is 5.75 Å². The van der Waals surface area contributed by atoms with E-state index in [-0.39, 0.29) is 18.1 Å². The summed E-state index contributed by atoms with van der Waals surface area (Å²) in [6.45, 7) is 10.5. The van der Waals surface area contributed by atoms with E-state index in [0.29, 0.717) is 24.4 Å². The SMILES string of the molecule is CC(C)Oc1ccc(Br)c(C(=O)N2CCCC(NC(=O)OC(C)(C)C)C2)c1. The number of likely N-dealkylation sites (tertiary alicyclic amines) is 1. The van der Waals surface area contributed by atoms with Crippen molar-refractivity contribution in [2.45, 2.75) is 65.2 Å². The van der Waals surface area contributed by atoms with E-state index >= 15 is 0 Å². The molecule has 1 unspecified atom stereocenters. The summed E-state index contributed by atoms with van der Waals surface area (Å²) in [5.74, 6) is 0.587. The number of rotatable bonds is 4. The average molecular weight is 441 g/mol. The molecule has 0 aliphatic carbocycles. The van der Waals surface area contributed by atoms with Gasteiger partial charge in [-0.05, 0) is 81.6 Å². The van der Waals surface area contributed by atoms with Gasteiger partial charge >= 0.3 is 6.09 Å². The quantitative estimate of drug-likeness (QED) is 0.754. The van der Waals surface area contributed by atoms with Crippen LogP contribution in [0.25, 0.3) is 0 Å². The molecule has 150 valence electrons. The largest absolute Gasteiger partial charge is 0.491 e. The summed E-state index contributed by atoms with van der Waals surface area (Å²) in [7, 11) is 0. The van der Waals surface area contributed by atoms with Gasteiger partial charge in [-0.1, -0.05) is 0 Å². The van der Waals surface area contributed by atoms with Crippen LogP contribution in [-0.2, 0) is 4.74 Å². The predicted molar refractivity (Wildman–Crippen MR) is 108 cm³/mol. The van der Waals surface area contributed by atoms with Crippen LogP contribution in [-0.4, -0.2) is 47.7 Å². The summed E-state index contributed by atoms with van der Waals surface area (Å²) in [5, 5.41) is 2.87. The van der Waals surface area contributed by atoms with Gasteiger partial charge in [-0.3, -0.25) is 4.79 Å². The molecule has 0 spiro atoms. The molecule has 0 bridgehead atoms. The maximum atomic E-state index is 13.0. The molecule has 1 aromatic carbocycles. The summed E-state index contributed by atoms with van der Waals surface area (Å²) < 4.78 is 11.7. The molecule has 1 aromatic rings. The third-order valence-corrected chi connectivity index (χ3v) is 4.66. The minimum absolute atomic E-state index is 0.0338. The number of nitrogens with zero attached hydrogens (tertiary/aromatic N) is 1. The van der Waals surface area contributed by atoms with Crippen molar-refractivity contribution in [2.24, 2.45) is 0 Å². The van der Waals surface area contributed by atoms with Gasteiger partial charge in [0.25, 0.3) is 5.91 Å². The van der Waals surface area contributed by atoms with Gasteiger partial charge in [-0.25, -0.2) is 4.79 Å². The number of benzene rings is 1. The highest BCUT2D eigenvalue weighted by Crippen LogP contribution is 2.26. The van der Waals surface area contributed by atoms with Gasteiger partial charge in [0.1, 0.15) is 11.4 Å². The molecule has 0 aromatic heterocycles. The molecule has 1 saturated heterocycles. The first-order valence-corrected chi connectivity index (χ1v) is 10.1. The van der Waals surface area contributed by atoms with Crippen LogP contribution in [0, 0.1) is 0 Å². The molecule has 1 N–H and O–H groups in total. The second-order valence-electron chi connectivity index (χ2n) is 8.04. The number of hydrogen-bond donors (Lipinski definition) is 1. The van der Waals surface area contributed by atoms with Crippen molar-refractivity contribution in [3.8, 4) is 5.75 Å². The number of carbonyl (C=O) groups is 2. The fourth-order valence-corrected chi connectivity index (χ4v) is 3.35. The Labute approximate surface area is 169 Å². The van der Waals surface area contributed by atoms with Crippen molar-refractivity contribution in [3.63, 3.8) is 0 Å². The molecule has 0 radical (unpaired) electrons. The molecule has 2 amide bonds. The highest BCUT2D eigenvalue weighted by Gasteiger charge is 2.28. The maximum absolute atomic E-state index is 13.0. The van der Waals surface area contributed by atoms with E-state index in [1.807, 2.05) is 46.8 Å². The lowest BCUT2D eigenvalue weighted by molar-refractivity contribution is 0.0452. The Balaban J connectivity index is 2.05. The van der Waals surface area contributed by atoms with E-state index in [2.05, 4.69) is 21.2 Å². The van der Waals surface area contributed by atoms with Crippen molar-refractivity contribution in [2.75, 3.05) is 13.1 Å². The number of amides is 2. The van der Waals surface area contributed by atoms with Crippen molar-refractivity contribution >= 4 is 27.9 Å². The Kier molecular flexibility index (Phi) is 7.14. The van der Waals surface area contributed by atoms with Crippen LogP contribution in [0.1, 0.15) is 57.8 Å². The molecule has 0 saturated carbocycles. The van der Waals surface area contributed by atoms with E-state index in [9.17, 15) is 9.59 Å². The predicted octanol–water partition coefficient (Wildman–Crippen LogP) is 4.37. The lowest BCUT2D eigenvalue weighted by Crippen LogP contribution is -2.50. The molecular formula is C20H29BrN2O4. The third kappa shape index (κ3) is 6.72. The molecule has 27 heavy (non-hydrogen) atoms. The number of halogens is 1. The minimum Gasteiger partial charge on any atom is -0.491 e. The summed E-state index contributed by atoms with van der Waals surface area (Å²) in [6.07, 6.45) is 1.23. The monoisotopic (exact) mass is 440 g/mol. The van der Waals surface area contributed by atoms with Crippen LogP contribution in [0.2, 0.25) is 0 Å². The summed E-state index contributed by atoms with van der Waals surface area (Å²) in [6, 6.07) is 5.30. The van der Waals surface area contributed by atoms with Crippen molar-refractivity contribution in [3.05, 3.63) is 28.2 Å². The van der Waals surface area contributed by atoms with Crippen molar-refractivity contribution < 1.29 is 19.1 Å². The van der Waals surface area contributed by atoms with Crippen LogP contribution < -0.4 is 10.1 Å². The molecular weight excluding hydrogens is 412 g/mol. The highest BCUT2D eigenvalue weighted by molar-refractivity contribution is 9.10. The maximum Gasteiger partial charge on any atom is 0.407 e. The second kappa shape index (κ2) is 8.95. The minimum atomic E-state index is -0.546. The van der Waals surface area contributed by atoms with E-state index in [4.69, 9.17) is 9.47 Å². The van der Waals surface area contributed by atoms with Gasteiger partial charge in [0.05, 0.1) is 11.7 Å². The fraction of sp³-hybridized carbons (Fsp3) is 0.600. The number of ether oxygens (including phenoxy) is 2. The van der Waals surface area contributed by atoms with Gasteiger partial charge in [-0.15, -0.1) is 0 Å². The van der Waals surface area contributed by atoms with Gasteiger partial charge in [0.15, 0.2) is 0 Å². The number of carbonyl (C=O) groups excluding carboxylic acids is 2. The molecule has 7 heteroatoms. The molecule has 1 fully saturated rings. The third-order valence-electron chi connectivity index (χ3n) is 3.97. The van der Waals surface area contributed by atoms with Crippen LogP contribution in [0.3, 0.4) is 0 Å². The smallest absolute Gasteiger partial charge is 0.407 e. The van der Waals surface area contributed by atoms with Gasteiger partial charge in [-0.2, -0.15) is 0 Å². The Morgan fingerprint density at radius 1 is 1.30 bits per heavy atom. The van der Waals surface area contributed by atoms with E-state index in [1.165, 1.54) is 0 Å². The highest BCUT2D eigenvalue weighted by atomic mass is 79.9. The lowest BCUT2D eigenvalue weighted by atomic mass is 10.0. The van der Waals surface area contributed by atoms with Crippen LogP contribution in [0.15, 0.2) is 22.7 Å². The molecule has 1 atom stereocenters. The molecule has 1 aliphatic rings. The first kappa shape index (κ1) is 21.5. The summed E-state index contributed by atoms with van der Waals surface area (Å²) in [5.41, 5.74) is 0.0155. The van der Waals surface area contributed by atoms with Crippen molar-refractivity contribution in [1.29, 1.82) is 0 Å². The average Bonchev–Trinajstić information content (AvgIpc) is 2.54. The molecule has 1 heterocycles.